The van der Waals surface area contributed by atoms with Crippen molar-refractivity contribution in [1.29, 1.82) is 0 Å². The molecule has 1 aliphatic carbocycles. The third-order valence-electron chi connectivity index (χ3n) is 7.20. The van der Waals surface area contributed by atoms with E-state index in [2.05, 4.69) is 19.2 Å². The summed E-state index contributed by atoms with van der Waals surface area (Å²) in [4.78, 5) is 26.7. The first-order chi connectivity index (χ1) is 17.8. The van der Waals surface area contributed by atoms with E-state index in [1.807, 2.05) is 61.2 Å². The Morgan fingerprint density at radius 1 is 1.05 bits per heavy atom. The monoisotopic (exact) mass is 510 g/mol. The number of nitrogens with zero attached hydrogens (tertiary/aromatic N) is 1. The zero-order chi connectivity index (χ0) is 26.8. The predicted molar refractivity (Wildman–Crippen MR) is 146 cm³/mol. The summed E-state index contributed by atoms with van der Waals surface area (Å²) in [5, 5.41) is 12.6. The van der Waals surface area contributed by atoms with Gasteiger partial charge in [0, 0.05) is 18.3 Å². The average molecular weight is 511 g/mol. The summed E-state index contributed by atoms with van der Waals surface area (Å²) >= 11 is 0. The van der Waals surface area contributed by atoms with Gasteiger partial charge in [-0.1, -0.05) is 49.7 Å². The number of urea groups is 1. The molecule has 2 N–H and O–H groups in total. The van der Waals surface area contributed by atoms with Crippen LogP contribution in [-0.4, -0.2) is 53.4 Å². The van der Waals surface area contributed by atoms with Gasteiger partial charge in [-0.25, -0.2) is 9.59 Å². The summed E-state index contributed by atoms with van der Waals surface area (Å²) in [5.74, 6) is -0.921. The number of ether oxygens (including phenoxy) is 2. The summed E-state index contributed by atoms with van der Waals surface area (Å²) in [6.45, 7) is 9.28. The molecule has 2 unspecified atom stereocenters. The van der Waals surface area contributed by atoms with E-state index in [0.717, 1.165) is 55.3 Å². The molecular formula is C30H42N2O5. The average Bonchev–Trinajstić information content (AvgIpc) is 2.87. The number of aryl methyl sites for hydroxylation is 2. The molecule has 7 heteroatoms. The molecule has 3 rings (SSSR count). The Hall–Kier alpha value is -2.90. The minimum atomic E-state index is -0.921. The molecule has 0 saturated heterocycles. The van der Waals surface area contributed by atoms with Crippen LogP contribution in [0.15, 0.2) is 42.5 Å². The highest BCUT2D eigenvalue weighted by molar-refractivity contribution is 5.91. The van der Waals surface area contributed by atoms with Crippen LogP contribution in [0.25, 0.3) is 0 Å². The van der Waals surface area contributed by atoms with Crippen LogP contribution < -0.4 is 5.32 Å². The van der Waals surface area contributed by atoms with Crippen LogP contribution in [0, 0.1) is 13.8 Å². The molecule has 1 aliphatic rings. The molecule has 0 aliphatic heterocycles. The highest BCUT2D eigenvalue weighted by Gasteiger charge is 2.25. The van der Waals surface area contributed by atoms with E-state index >= 15 is 0 Å². The molecule has 3 atom stereocenters. The van der Waals surface area contributed by atoms with Gasteiger partial charge in [-0.2, -0.15) is 0 Å². The molecule has 2 aromatic rings. The van der Waals surface area contributed by atoms with Crippen molar-refractivity contribution in [2.24, 2.45) is 0 Å². The van der Waals surface area contributed by atoms with Crippen molar-refractivity contribution in [3.63, 3.8) is 0 Å². The van der Waals surface area contributed by atoms with E-state index in [0.29, 0.717) is 24.3 Å². The lowest BCUT2D eigenvalue weighted by Gasteiger charge is -2.32. The van der Waals surface area contributed by atoms with Gasteiger partial charge in [0.05, 0.1) is 31.0 Å². The number of amides is 2. The first-order valence-electron chi connectivity index (χ1n) is 13.5. The summed E-state index contributed by atoms with van der Waals surface area (Å²) in [6, 6.07) is 13.3. The van der Waals surface area contributed by atoms with Crippen LogP contribution in [0.3, 0.4) is 0 Å². The number of carbonyl (C=O) groups is 2. The van der Waals surface area contributed by atoms with Gasteiger partial charge in [0.2, 0.25) is 0 Å². The number of rotatable bonds is 12. The van der Waals surface area contributed by atoms with Crippen LogP contribution in [0.1, 0.15) is 79.4 Å². The number of carboxylic acids is 1. The molecule has 2 aromatic carbocycles. The largest absolute Gasteiger partial charge is 0.478 e. The molecular weight excluding hydrogens is 468 g/mol. The van der Waals surface area contributed by atoms with E-state index < -0.39 is 5.97 Å². The summed E-state index contributed by atoms with van der Waals surface area (Å²) < 4.78 is 12.4. The van der Waals surface area contributed by atoms with E-state index in [1.54, 1.807) is 0 Å². The summed E-state index contributed by atoms with van der Waals surface area (Å²) in [7, 11) is 0. The highest BCUT2D eigenvalue weighted by atomic mass is 16.5. The lowest BCUT2D eigenvalue weighted by molar-refractivity contribution is -0.0531. The third-order valence-corrected chi connectivity index (χ3v) is 7.20. The molecule has 202 valence electrons. The van der Waals surface area contributed by atoms with Gasteiger partial charge in [-0.3, -0.25) is 0 Å². The number of benzene rings is 2. The van der Waals surface area contributed by atoms with Crippen LogP contribution in [0.4, 0.5) is 10.5 Å². The second kappa shape index (κ2) is 14.1. The SMILES string of the molecule is CCCC(C)N(CCO[C@H]1CCCC(OCc2cccc(C)c2C(=O)O)C1)C(=O)Nc1ccccc1C. The number of hydrogen-bond acceptors (Lipinski definition) is 4. The fourth-order valence-corrected chi connectivity index (χ4v) is 5.08. The van der Waals surface area contributed by atoms with Crippen molar-refractivity contribution in [3.8, 4) is 0 Å². The maximum absolute atomic E-state index is 13.1. The standard InChI is InChI=1S/C30H42N2O5/c1-5-10-23(4)32(30(35)31-27-16-7-6-11-21(27)2)17-18-36-25-14-9-15-26(19-25)37-20-24-13-8-12-22(3)28(24)29(33)34/h6-8,11-13,16,23,25-26H,5,9-10,14-15,17-20H2,1-4H3,(H,31,35)(H,33,34)/t23?,25-,26?/m0/s1. The van der Waals surface area contributed by atoms with Crippen LogP contribution in [0.5, 0.6) is 0 Å². The van der Waals surface area contributed by atoms with Crippen molar-refractivity contribution in [2.75, 3.05) is 18.5 Å². The zero-order valence-corrected chi connectivity index (χ0v) is 22.7. The normalized spacial score (nSPS) is 18.3. The Labute approximate surface area is 221 Å². The quantitative estimate of drug-likeness (QED) is 0.337. The lowest BCUT2D eigenvalue weighted by Crippen LogP contribution is -2.44. The molecule has 0 heterocycles. The van der Waals surface area contributed by atoms with Crippen LogP contribution in [0.2, 0.25) is 0 Å². The van der Waals surface area contributed by atoms with Gasteiger partial charge in [0.1, 0.15) is 0 Å². The minimum absolute atomic E-state index is 0.0281. The first kappa shape index (κ1) is 28.7. The van der Waals surface area contributed by atoms with Crippen molar-refractivity contribution < 1.29 is 24.2 Å². The Balaban J connectivity index is 1.52. The Kier molecular flexibility index (Phi) is 11.0. The number of carboxylic acid groups (broad SMARTS) is 1. The molecule has 2 amide bonds. The summed E-state index contributed by atoms with van der Waals surface area (Å²) in [6.07, 6.45) is 5.70. The van der Waals surface area contributed by atoms with E-state index in [-0.39, 0.29) is 30.9 Å². The van der Waals surface area contributed by atoms with Crippen molar-refractivity contribution >= 4 is 17.7 Å². The van der Waals surface area contributed by atoms with E-state index in [9.17, 15) is 14.7 Å². The molecule has 0 aromatic heterocycles. The van der Waals surface area contributed by atoms with Crippen LogP contribution >= 0.6 is 0 Å². The fourth-order valence-electron chi connectivity index (χ4n) is 5.08. The molecule has 0 bridgehead atoms. The number of nitrogens with one attached hydrogen (secondary N) is 1. The Bertz CT molecular complexity index is 1040. The topological polar surface area (TPSA) is 88.1 Å². The maximum Gasteiger partial charge on any atom is 0.336 e. The van der Waals surface area contributed by atoms with Gasteiger partial charge in [0.25, 0.3) is 0 Å². The second-order valence-electron chi connectivity index (χ2n) is 10.1. The first-order valence-corrected chi connectivity index (χ1v) is 13.5. The summed E-state index contributed by atoms with van der Waals surface area (Å²) in [5.41, 5.74) is 3.64. The van der Waals surface area contributed by atoms with E-state index in [1.165, 1.54) is 0 Å². The molecule has 0 radical (unpaired) electrons. The third kappa shape index (κ3) is 8.30. The maximum atomic E-state index is 13.1. The number of aromatic carboxylic acids is 1. The minimum Gasteiger partial charge on any atom is -0.478 e. The lowest BCUT2D eigenvalue weighted by atomic mass is 9.94. The molecule has 1 fully saturated rings. The molecule has 37 heavy (non-hydrogen) atoms. The van der Waals surface area contributed by atoms with Gasteiger partial charge >= 0.3 is 12.0 Å². The van der Waals surface area contributed by atoms with Crippen molar-refractivity contribution in [1.82, 2.24) is 4.90 Å². The Morgan fingerprint density at radius 2 is 1.76 bits per heavy atom. The van der Waals surface area contributed by atoms with Gasteiger partial charge in [0.15, 0.2) is 0 Å². The van der Waals surface area contributed by atoms with Crippen molar-refractivity contribution in [3.05, 3.63) is 64.7 Å². The van der Waals surface area contributed by atoms with E-state index in [4.69, 9.17) is 9.47 Å². The number of para-hydroxylation sites is 1. The van der Waals surface area contributed by atoms with Gasteiger partial charge < -0.3 is 24.8 Å². The zero-order valence-electron chi connectivity index (χ0n) is 22.7. The smallest absolute Gasteiger partial charge is 0.336 e. The number of anilines is 1. The Morgan fingerprint density at radius 3 is 2.46 bits per heavy atom. The predicted octanol–water partition coefficient (Wildman–Crippen LogP) is 6.57. The molecule has 1 saturated carbocycles. The number of carbonyl (C=O) groups excluding carboxylic acids is 1. The molecule has 7 nitrogen and oxygen atoms in total. The van der Waals surface area contributed by atoms with Crippen LogP contribution in [-0.2, 0) is 16.1 Å². The van der Waals surface area contributed by atoms with Gasteiger partial charge in [-0.05, 0) is 75.6 Å². The second-order valence-corrected chi connectivity index (χ2v) is 10.1. The number of hydrogen-bond donors (Lipinski definition) is 2. The van der Waals surface area contributed by atoms with Gasteiger partial charge in [-0.15, -0.1) is 0 Å². The fraction of sp³-hybridized carbons (Fsp3) is 0.533. The molecule has 0 spiro atoms. The highest BCUT2D eigenvalue weighted by Crippen LogP contribution is 2.26. The van der Waals surface area contributed by atoms with Crippen molar-refractivity contribution in [2.45, 2.75) is 91.1 Å².